The van der Waals surface area contributed by atoms with Gasteiger partial charge in [0.05, 0.1) is 0 Å². The van der Waals surface area contributed by atoms with E-state index >= 15 is 0 Å². The Labute approximate surface area is 81.0 Å². The summed E-state index contributed by atoms with van der Waals surface area (Å²) in [4.78, 5) is 1.29. The number of hydrogen-bond acceptors (Lipinski definition) is 2. The summed E-state index contributed by atoms with van der Waals surface area (Å²) >= 11 is 3.99. The first kappa shape index (κ1) is 10.8. The van der Waals surface area contributed by atoms with Gasteiger partial charge in [-0.05, 0) is 16.8 Å². The molecule has 0 amide bonds. The minimum Gasteiger partial charge on any atom is -0.324 e. The molecule has 1 nitrogen and oxygen atoms in total. The van der Waals surface area contributed by atoms with Crippen molar-refractivity contribution in [1.29, 1.82) is 0 Å². The molecule has 0 heterocycles. The van der Waals surface area contributed by atoms with E-state index in [0.717, 1.165) is 12.8 Å². The Balaban J connectivity index is 3.77. The van der Waals surface area contributed by atoms with Crippen LogP contribution in [-0.2, 0) is 0 Å². The molecule has 0 rings (SSSR count). The smallest absolute Gasteiger partial charge is 0.0359 e. The van der Waals surface area contributed by atoms with Crippen LogP contribution in [0.25, 0.3) is 0 Å². The van der Waals surface area contributed by atoms with Crippen molar-refractivity contribution >= 4 is 34.4 Å². The van der Waals surface area contributed by atoms with Gasteiger partial charge >= 0.3 is 0 Å². The van der Waals surface area contributed by atoms with Crippen molar-refractivity contribution < 1.29 is 0 Å². The summed E-state index contributed by atoms with van der Waals surface area (Å²) in [5, 5.41) is 0. The second-order valence-corrected chi connectivity index (χ2v) is 3.61. The van der Waals surface area contributed by atoms with Crippen molar-refractivity contribution in [2.24, 2.45) is 5.73 Å². The molecule has 0 aliphatic rings. The summed E-state index contributed by atoms with van der Waals surface area (Å²) in [6, 6.07) is 0.261. The van der Waals surface area contributed by atoms with Crippen LogP contribution < -0.4 is 5.73 Å². The first-order chi connectivity index (χ1) is 4.76. The molecule has 0 saturated heterocycles. The highest BCUT2D eigenvalue weighted by Crippen LogP contribution is 2.19. The van der Waals surface area contributed by atoms with Gasteiger partial charge in [0, 0.05) is 10.9 Å². The molecule has 2 N–H and O–H groups in total. The average Bonchev–Trinajstić information content (AvgIpc) is 1.91. The van der Waals surface area contributed by atoms with E-state index in [-0.39, 0.29) is 6.04 Å². The van der Waals surface area contributed by atoms with Crippen LogP contribution >= 0.6 is 34.4 Å². The number of hydrogen-bond donors (Lipinski definition) is 1. The summed E-state index contributed by atoms with van der Waals surface area (Å²) in [5.74, 6) is 0. The van der Waals surface area contributed by atoms with E-state index in [9.17, 15) is 0 Å². The van der Waals surface area contributed by atoms with Gasteiger partial charge in [0.25, 0.3) is 0 Å². The number of rotatable bonds is 4. The third-order valence-corrected chi connectivity index (χ3v) is 3.29. The van der Waals surface area contributed by atoms with E-state index in [1.165, 1.54) is 4.91 Å². The van der Waals surface area contributed by atoms with E-state index in [1.54, 1.807) is 11.8 Å². The lowest BCUT2D eigenvalue weighted by molar-refractivity contribution is 0.698. The average molecular weight is 271 g/mol. The van der Waals surface area contributed by atoms with E-state index in [2.05, 4.69) is 39.9 Å². The van der Waals surface area contributed by atoms with Gasteiger partial charge in [-0.3, -0.25) is 0 Å². The zero-order valence-corrected chi connectivity index (χ0v) is 9.41. The first-order valence-electron chi connectivity index (χ1n) is 3.36. The van der Waals surface area contributed by atoms with Crippen LogP contribution in [0, 0.1) is 0 Å². The number of halogens is 1. The fourth-order valence-electron chi connectivity index (χ4n) is 0.730. The molecule has 10 heavy (non-hydrogen) atoms. The molecule has 0 aliphatic carbocycles. The Hall–Kier alpha value is 0.780. The van der Waals surface area contributed by atoms with E-state index in [1.807, 2.05) is 0 Å². The Morgan fingerprint density at radius 1 is 1.80 bits per heavy atom. The Morgan fingerprint density at radius 3 is 2.70 bits per heavy atom. The maximum Gasteiger partial charge on any atom is 0.0359 e. The van der Waals surface area contributed by atoms with Gasteiger partial charge in [0.1, 0.15) is 0 Å². The fraction of sp³-hybridized carbons (Fsp3) is 0.714. The van der Waals surface area contributed by atoms with E-state index < -0.39 is 0 Å². The lowest BCUT2D eigenvalue weighted by atomic mass is 10.2. The maximum absolute atomic E-state index is 5.86. The third-order valence-electron chi connectivity index (χ3n) is 1.31. The molecule has 0 saturated carbocycles. The zero-order chi connectivity index (χ0) is 7.98. The molecule has 0 fully saturated rings. The second kappa shape index (κ2) is 6.49. The summed E-state index contributed by atoms with van der Waals surface area (Å²) < 4.78 is 2.07. The van der Waals surface area contributed by atoms with Crippen molar-refractivity contribution in [1.82, 2.24) is 0 Å². The summed E-state index contributed by atoms with van der Waals surface area (Å²) in [5.41, 5.74) is 5.86. The van der Waals surface area contributed by atoms with Gasteiger partial charge in [-0.25, -0.2) is 0 Å². The molecular formula is C7H14INS. The van der Waals surface area contributed by atoms with Crippen molar-refractivity contribution in [2.75, 3.05) is 6.26 Å². The van der Waals surface area contributed by atoms with Gasteiger partial charge in [0.2, 0.25) is 0 Å². The Kier molecular flexibility index (Phi) is 6.99. The normalized spacial score (nSPS) is 15.4. The second-order valence-electron chi connectivity index (χ2n) is 2.11. The molecule has 60 valence electrons. The quantitative estimate of drug-likeness (QED) is 0.796. The molecule has 0 aliphatic heterocycles. The van der Waals surface area contributed by atoms with Gasteiger partial charge in [-0.2, -0.15) is 0 Å². The third kappa shape index (κ3) is 3.83. The van der Waals surface area contributed by atoms with Crippen molar-refractivity contribution in [3.8, 4) is 0 Å². The monoisotopic (exact) mass is 271 g/mol. The molecule has 0 aromatic rings. The van der Waals surface area contributed by atoms with Crippen molar-refractivity contribution in [3.05, 3.63) is 8.99 Å². The minimum absolute atomic E-state index is 0.261. The van der Waals surface area contributed by atoms with Crippen LogP contribution in [0.15, 0.2) is 8.99 Å². The van der Waals surface area contributed by atoms with Crippen molar-refractivity contribution in [3.63, 3.8) is 0 Å². The molecule has 3 heteroatoms. The Morgan fingerprint density at radius 2 is 2.40 bits per heavy atom. The Bertz CT molecular complexity index is 114. The predicted octanol–water partition coefficient (Wildman–Crippen LogP) is 2.75. The summed E-state index contributed by atoms with van der Waals surface area (Å²) in [6.45, 7) is 2.16. The van der Waals surface area contributed by atoms with E-state index in [4.69, 9.17) is 5.73 Å². The highest BCUT2D eigenvalue weighted by atomic mass is 127. The molecule has 0 bridgehead atoms. The van der Waals surface area contributed by atoms with Crippen molar-refractivity contribution in [2.45, 2.75) is 25.8 Å². The molecular weight excluding hydrogens is 257 g/mol. The molecule has 0 aromatic carbocycles. The van der Waals surface area contributed by atoms with E-state index in [0.29, 0.717) is 0 Å². The highest BCUT2D eigenvalue weighted by molar-refractivity contribution is 14.1. The van der Waals surface area contributed by atoms with Gasteiger partial charge in [-0.15, -0.1) is 11.8 Å². The standard InChI is InChI=1S/C7H14INS/c1-3-4-6(9)7(5-8)10-2/h5-6H,3-4,9H2,1-2H3/b7-5-. The van der Waals surface area contributed by atoms with Crippen LogP contribution in [0.2, 0.25) is 0 Å². The molecule has 0 spiro atoms. The summed E-state index contributed by atoms with van der Waals surface area (Å²) in [6.07, 6.45) is 4.32. The van der Waals surface area contributed by atoms with Crippen LogP contribution in [0.1, 0.15) is 19.8 Å². The first-order valence-corrected chi connectivity index (χ1v) is 5.83. The molecule has 1 atom stereocenters. The van der Waals surface area contributed by atoms with Gasteiger partial charge < -0.3 is 5.73 Å². The van der Waals surface area contributed by atoms with Crippen LogP contribution in [-0.4, -0.2) is 12.3 Å². The maximum atomic E-state index is 5.86. The number of nitrogens with two attached hydrogens (primary N) is 1. The largest absolute Gasteiger partial charge is 0.324 e. The van der Waals surface area contributed by atoms with Crippen LogP contribution in [0.4, 0.5) is 0 Å². The highest BCUT2D eigenvalue weighted by Gasteiger charge is 2.04. The van der Waals surface area contributed by atoms with Crippen LogP contribution in [0.3, 0.4) is 0 Å². The van der Waals surface area contributed by atoms with Crippen LogP contribution in [0.5, 0.6) is 0 Å². The topological polar surface area (TPSA) is 26.0 Å². The zero-order valence-electron chi connectivity index (χ0n) is 6.43. The molecule has 0 aromatic heterocycles. The van der Waals surface area contributed by atoms with Gasteiger partial charge in [-0.1, -0.05) is 35.9 Å². The molecule has 1 unspecified atom stereocenters. The SMILES string of the molecule is CCCC(N)/C(=C/I)SC. The lowest BCUT2D eigenvalue weighted by Crippen LogP contribution is -2.20. The van der Waals surface area contributed by atoms with Gasteiger partial charge in [0.15, 0.2) is 0 Å². The lowest BCUT2D eigenvalue weighted by Gasteiger charge is -2.10. The number of thioether (sulfide) groups is 1. The molecule has 0 radical (unpaired) electrons. The minimum atomic E-state index is 0.261. The summed E-state index contributed by atoms with van der Waals surface area (Å²) in [7, 11) is 0. The predicted molar refractivity (Wildman–Crippen MR) is 58.5 cm³/mol. The fourth-order valence-corrected chi connectivity index (χ4v) is 2.46.